The third-order valence-corrected chi connectivity index (χ3v) is 6.08. The summed E-state index contributed by atoms with van der Waals surface area (Å²) in [6, 6.07) is 17.5. The Kier molecular flexibility index (Phi) is 6.13. The van der Waals surface area contributed by atoms with Crippen molar-refractivity contribution in [1.82, 2.24) is 0 Å². The Hall–Kier alpha value is -3.78. The minimum Gasteiger partial charge on any atom is -0.462 e. The van der Waals surface area contributed by atoms with Gasteiger partial charge in [0, 0.05) is 23.3 Å². The smallest absolute Gasteiger partial charge is 0.350 e. The largest absolute Gasteiger partial charge is 0.462 e. The lowest BCUT2D eigenvalue weighted by molar-refractivity contribution is -0.121. The fourth-order valence-electron chi connectivity index (χ4n) is 3.42. The Balaban J connectivity index is 1.63. The molecule has 3 amide bonds. The molecule has 0 spiro atoms. The van der Waals surface area contributed by atoms with Gasteiger partial charge in [0.15, 0.2) is 0 Å². The molecule has 0 radical (unpaired) electrons. The summed E-state index contributed by atoms with van der Waals surface area (Å²) in [5.41, 5.74) is 1.87. The van der Waals surface area contributed by atoms with Gasteiger partial charge in [0.2, 0.25) is 11.8 Å². The van der Waals surface area contributed by atoms with E-state index in [1.807, 2.05) is 30.3 Å². The maximum Gasteiger partial charge on any atom is 0.350 e. The highest BCUT2D eigenvalue weighted by Gasteiger charge is 2.30. The number of imide groups is 1. The van der Waals surface area contributed by atoms with Gasteiger partial charge in [-0.25, -0.2) is 4.79 Å². The van der Waals surface area contributed by atoms with Crippen molar-refractivity contribution in [2.75, 3.05) is 16.8 Å². The van der Waals surface area contributed by atoms with Crippen molar-refractivity contribution in [2.45, 2.75) is 19.8 Å². The summed E-state index contributed by atoms with van der Waals surface area (Å²) >= 11 is 1.24. The molecule has 1 aliphatic rings. The first-order valence-corrected chi connectivity index (χ1v) is 10.9. The van der Waals surface area contributed by atoms with Gasteiger partial charge in [-0.3, -0.25) is 19.3 Å². The summed E-state index contributed by atoms with van der Waals surface area (Å²) in [6.45, 7) is 1.93. The van der Waals surface area contributed by atoms with Crippen LogP contribution in [0.5, 0.6) is 0 Å². The molecular formula is C24H20N2O5S. The highest BCUT2D eigenvalue weighted by molar-refractivity contribution is 7.18. The van der Waals surface area contributed by atoms with Crippen LogP contribution in [0.4, 0.5) is 11.4 Å². The predicted molar refractivity (Wildman–Crippen MR) is 122 cm³/mol. The zero-order valence-corrected chi connectivity index (χ0v) is 18.1. The van der Waals surface area contributed by atoms with Gasteiger partial charge in [-0.1, -0.05) is 36.4 Å². The molecule has 1 aromatic heterocycles. The molecule has 1 N–H and O–H groups in total. The first-order chi connectivity index (χ1) is 15.5. The molecule has 0 aliphatic carbocycles. The summed E-state index contributed by atoms with van der Waals surface area (Å²) in [5.74, 6) is -1.56. The molecule has 2 aromatic carbocycles. The number of nitrogens with zero attached hydrogens (tertiary/aromatic N) is 1. The van der Waals surface area contributed by atoms with Crippen LogP contribution < -0.4 is 10.2 Å². The molecule has 32 heavy (non-hydrogen) atoms. The first kappa shape index (κ1) is 21.5. The highest BCUT2D eigenvalue weighted by atomic mass is 32.1. The van der Waals surface area contributed by atoms with Gasteiger partial charge in [0.25, 0.3) is 5.91 Å². The first-order valence-electron chi connectivity index (χ1n) is 10.1. The normalized spacial score (nSPS) is 13.3. The minimum atomic E-state index is -0.517. The maximum atomic E-state index is 13.0. The second-order valence-electron chi connectivity index (χ2n) is 7.07. The minimum absolute atomic E-state index is 0.162. The molecule has 3 aromatic rings. The molecule has 0 unspecified atom stereocenters. The van der Waals surface area contributed by atoms with Crippen LogP contribution in [0, 0.1) is 0 Å². The number of nitrogens with one attached hydrogen (secondary N) is 1. The van der Waals surface area contributed by atoms with Gasteiger partial charge >= 0.3 is 5.97 Å². The third-order valence-electron chi connectivity index (χ3n) is 4.92. The van der Waals surface area contributed by atoms with Crippen molar-refractivity contribution < 1.29 is 23.9 Å². The van der Waals surface area contributed by atoms with Gasteiger partial charge in [0.1, 0.15) is 4.88 Å². The number of benzene rings is 2. The molecule has 0 saturated carbocycles. The average molecular weight is 449 g/mol. The van der Waals surface area contributed by atoms with E-state index < -0.39 is 11.9 Å². The highest BCUT2D eigenvalue weighted by Crippen LogP contribution is 2.35. The molecule has 162 valence electrons. The SMILES string of the molecule is CCOC(=O)c1sc(-c2ccccc2)cc1NC(=O)c1cccc(N2C(=O)CCC2=O)c1. The molecule has 2 heterocycles. The van der Waals surface area contributed by atoms with Crippen LogP contribution in [-0.4, -0.2) is 30.3 Å². The second kappa shape index (κ2) is 9.15. The molecule has 7 nitrogen and oxygen atoms in total. The van der Waals surface area contributed by atoms with E-state index in [-0.39, 0.29) is 36.8 Å². The van der Waals surface area contributed by atoms with Crippen LogP contribution in [0.25, 0.3) is 10.4 Å². The Bertz CT molecular complexity index is 1190. The number of ether oxygens (including phenoxy) is 1. The summed E-state index contributed by atoms with van der Waals surface area (Å²) in [4.78, 5) is 51.7. The van der Waals surface area contributed by atoms with Crippen molar-refractivity contribution in [1.29, 1.82) is 0 Å². The molecule has 4 rings (SSSR count). The van der Waals surface area contributed by atoms with Crippen LogP contribution >= 0.6 is 11.3 Å². The predicted octanol–water partition coefficient (Wildman–Crippen LogP) is 4.50. The molecule has 1 fully saturated rings. The average Bonchev–Trinajstić information content (AvgIpc) is 3.37. The van der Waals surface area contributed by atoms with Crippen molar-refractivity contribution in [3.05, 3.63) is 71.1 Å². The molecule has 1 aliphatic heterocycles. The summed E-state index contributed by atoms with van der Waals surface area (Å²) in [7, 11) is 0. The monoisotopic (exact) mass is 448 g/mol. The van der Waals surface area contributed by atoms with Gasteiger partial charge in [-0.05, 0) is 36.8 Å². The quantitative estimate of drug-likeness (QED) is 0.443. The number of anilines is 2. The maximum absolute atomic E-state index is 13.0. The molecule has 1 saturated heterocycles. The van der Waals surface area contributed by atoms with Gasteiger partial charge in [-0.15, -0.1) is 11.3 Å². The van der Waals surface area contributed by atoms with Crippen molar-refractivity contribution in [3.8, 4) is 10.4 Å². The Labute approximate surface area is 188 Å². The van der Waals surface area contributed by atoms with Crippen LogP contribution in [0.2, 0.25) is 0 Å². The van der Waals surface area contributed by atoms with Crippen LogP contribution in [0.15, 0.2) is 60.7 Å². The number of rotatable bonds is 6. The Morgan fingerprint density at radius 3 is 2.41 bits per heavy atom. The van der Waals surface area contributed by atoms with Gasteiger partial charge < -0.3 is 10.1 Å². The Morgan fingerprint density at radius 1 is 1.00 bits per heavy atom. The van der Waals surface area contributed by atoms with Crippen molar-refractivity contribution >= 4 is 46.4 Å². The number of thiophene rings is 1. The van der Waals surface area contributed by atoms with Crippen LogP contribution in [0.3, 0.4) is 0 Å². The van der Waals surface area contributed by atoms with E-state index in [2.05, 4.69) is 5.32 Å². The van der Waals surface area contributed by atoms with E-state index in [0.29, 0.717) is 16.3 Å². The number of carbonyl (C=O) groups excluding carboxylic acids is 4. The van der Waals surface area contributed by atoms with Crippen molar-refractivity contribution in [2.24, 2.45) is 0 Å². The molecular weight excluding hydrogens is 428 g/mol. The van der Waals surface area contributed by atoms with Crippen LogP contribution in [-0.2, 0) is 14.3 Å². The van der Waals surface area contributed by atoms with E-state index >= 15 is 0 Å². The topological polar surface area (TPSA) is 92.8 Å². The zero-order valence-electron chi connectivity index (χ0n) is 17.3. The second-order valence-corrected chi connectivity index (χ2v) is 8.12. The third kappa shape index (κ3) is 4.31. The number of hydrogen-bond acceptors (Lipinski definition) is 6. The van der Waals surface area contributed by atoms with E-state index in [1.165, 1.54) is 17.4 Å². The standard InChI is InChI=1S/C24H20N2O5S/c1-2-31-24(30)22-18(14-19(32-22)15-7-4-3-5-8-15)25-23(29)16-9-6-10-17(13-16)26-20(27)11-12-21(26)28/h3-10,13-14H,2,11-12H2,1H3,(H,25,29). The number of amides is 3. The molecule has 0 atom stereocenters. The van der Waals surface area contributed by atoms with E-state index in [9.17, 15) is 19.2 Å². The molecule has 0 bridgehead atoms. The van der Waals surface area contributed by atoms with Crippen molar-refractivity contribution in [3.63, 3.8) is 0 Å². The summed E-state index contributed by atoms with van der Waals surface area (Å²) in [6.07, 6.45) is 0.324. The van der Waals surface area contributed by atoms with Gasteiger partial charge in [-0.2, -0.15) is 0 Å². The lowest BCUT2D eigenvalue weighted by Crippen LogP contribution is -2.28. The fourth-order valence-corrected chi connectivity index (χ4v) is 4.43. The fraction of sp³-hybridized carbons (Fsp3) is 0.167. The molecule has 8 heteroatoms. The summed E-state index contributed by atoms with van der Waals surface area (Å²) in [5, 5.41) is 2.78. The van der Waals surface area contributed by atoms with E-state index in [4.69, 9.17) is 4.74 Å². The zero-order chi connectivity index (χ0) is 22.7. The van der Waals surface area contributed by atoms with Crippen LogP contribution in [0.1, 0.15) is 39.8 Å². The van der Waals surface area contributed by atoms with E-state index in [1.54, 1.807) is 31.2 Å². The van der Waals surface area contributed by atoms with Gasteiger partial charge in [0.05, 0.1) is 18.0 Å². The Morgan fingerprint density at radius 2 is 1.72 bits per heavy atom. The summed E-state index contributed by atoms with van der Waals surface area (Å²) < 4.78 is 5.15. The lowest BCUT2D eigenvalue weighted by atomic mass is 10.1. The van der Waals surface area contributed by atoms with E-state index in [0.717, 1.165) is 15.3 Å². The lowest BCUT2D eigenvalue weighted by Gasteiger charge is -2.14. The number of esters is 1. The number of hydrogen-bond donors (Lipinski definition) is 1. The number of carbonyl (C=O) groups is 4.